The number of nitrogens with one attached hydrogen (secondary N) is 1. The number of unbranched alkanes of at least 4 members (excludes halogenated alkanes) is 1. The van der Waals surface area contributed by atoms with Gasteiger partial charge in [0.05, 0.1) is 6.61 Å². The lowest BCUT2D eigenvalue weighted by Crippen LogP contribution is -2.04. The van der Waals surface area contributed by atoms with Gasteiger partial charge in [0.15, 0.2) is 11.5 Å². The van der Waals surface area contributed by atoms with E-state index in [0.29, 0.717) is 6.79 Å². The molecule has 0 aromatic heterocycles. The van der Waals surface area contributed by atoms with E-state index in [1.807, 2.05) is 30.3 Å². The standard InChI is InChI=1S/C18H21NO3/c1-14-4-7-16(8-5-14)20-11-3-2-10-19-15-6-9-17-18(12-15)22-13-21-17/h4-9,12,19H,2-3,10-11,13H2,1H3. The van der Waals surface area contributed by atoms with Crippen LogP contribution in [0.5, 0.6) is 17.2 Å². The molecule has 1 aliphatic heterocycles. The van der Waals surface area contributed by atoms with Gasteiger partial charge in [0, 0.05) is 18.3 Å². The molecule has 0 amide bonds. The Morgan fingerprint density at radius 1 is 1.00 bits per heavy atom. The van der Waals surface area contributed by atoms with E-state index in [1.165, 1.54) is 5.56 Å². The van der Waals surface area contributed by atoms with Gasteiger partial charge in [-0.25, -0.2) is 0 Å². The molecule has 4 heteroatoms. The number of hydrogen-bond acceptors (Lipinski definition) is 4. The number of benzene rings is 2. The summed E-state index contributed by atoms with van der Waals surface area (Å²) in [6.45, 7) is 4.05. The molecule has 1 aliphatic rings. The van der Waals surface area contributed by atoms with Gasteiger partial charge in [-0.05, 0) is 44.0 Å². The fourth-order valence-corrected chi connectivity index (χ4v) is 2.29. The van der Waals surface area contributed by atoms with E-state index in [4.69, 9.17) is 14.2 Å². The summed E-state index contributed by atoms with van der Waals surface area (Å²) < 4.78 is 16.4. The Kier molecular flexibility index (Phi) is 4.68. The minimum atomic E-state index is 0.315. The Morgan fingerprint density at radius 3 is 2.68 bits per heavy atom. The highest BCUT2D eigenvalue weighted by molar-refractivity contribution is 5.55. The van der Waals surface area contributed by atoms with E-state index in [1.54, 1.807) is 0 Å². The minimum Gasteiger partial charge on any atom is -0.494 e. The van der Waals surface area contributed by atoms with Gasteiger partial charge in [-0.1, -0.05) is 17.7 Å². The first-order valence-electron chi connectivity index (χ1n) is 7.64. The van der Waals surface area contributed by atoms with Crippen LogP contribution in [0.4, 0.5) is 5.69 Å². The van der Waals surface area contributed by atoms with Crippen LogP contribution >= 0.6 is 0 Å². The lowest BCUT2D eigenvalue weighted by Gasteiger charge is -2.08. The second-order valence-electron chi connectivity index (χ2n) is 5.36. The first-order valence-corrected chi connectivity index (χ1v) is 7.64. The maximum absolute atomic E-state index is 5.71. The van der Waals surface area contributed by atoms with E-state index in [9.17, 15) is 0 Å². The molecule has 116 valence electrons. The highest BCUT2D eigenvalue weighted by atomic mass is 16.7. The molecule has 0 aliphatic carbocycles. The third kappa shape index (κ3) is 3.85. The smallest absolute Gasteiger partial charge is 0.231 e. The molecule has 1 N–H and O–H groups in total. The minimum absolute atomic E-state index is 0.315. The highest BCUT2D eigenvalue weighted by Crippen LogP contribution is 2.34. The van der Waals surface area contributed by atoms with E-state index in [0.717, 1.165) is 48.9 Å². The van der Waals surface area contributed by atoms with Crippen LogP contribution in [-0.4, -0.2) is 19.9 Å². The van der Waals surface area contributed by atoms with Crippen molar-refractivity contribution in [2.75, 3.05) is 25.3 Å². The zero-order valence-corrected chi connectivity index (χ0v) is 12.8. The summed E-state index contributed by atoms with van der Waals surface area (Å²) in [5, 5.41) is 3.39. The molecule has 3 rings (SSSR count). The van der Waals surface area contributed by atoms with Crippen molar-refractivity contribution in [3.63, 3.8) is 0 Å². The summed E-state index contributed by atoms with van der Waals surface area (Å²) in [6, 6.07) is 14.1. The molecule has 0 saturated carbocycles. The van der Waals surface area contributed by atoms with Gasteiger partial charge in [0.1, 0.15) is 5.75 Å². The molecule has 2 aromatic carbocycles. The predicted octanol–water partition coefficient (Wildman–Crippen LogP) is 3.99. The molecule has 0 fully saturated rings. The first kappa shape index (κ1) is 14.6. The van der Waals surface area contributed by atoms with Gasteiger partial charge in [0.2, 0.25) is 6.79 Å². The monoisotopic (exact) mass is 299 g/mol. The van der Waals surface area contributed by atoms with Crippen LogP contribution in [0.25, 0.3) is 0 Å². The second kappa shape index (κ2) is 7.07. The normalized spacial score (nSPS) is 12.2. The van der Waals surface area contributed by atoms with Crippen LogP contribution in [0.2, 0.25) is 0 Å². The van der Waals surface area contributed by atoms with Gasteiger partial charge >= 0.3 is 0 Å². The van der Waals surface area contributed by atoms with E-state index in [2.05, 4.69) is 24.4 Å². The lowest BCUT2D eigenvalue weighted by molar-refractivity contribution is 0.174. The summed E-state index contributed by atoms with van der Waals surface area (Å²) in [4.78, 5) is 0. The summed E-state index contributed by atoms with van der Waals surface area (Å²) in [5.74, 6) is 2.57. The van der Waals surface area contributed by atoms with Crippen LogP contribution in [-0.2, 0) is 0 Å². The molecule has 0 saturated heterocycles. The quantitative estimate of drug-likeness (QED) is 0.785. The average Bonchev–Trinajstić information content (AvgIpc) is 3.00. The van der Waals surface area contributed by atoms with Crippen molar-refractivity contribution in [3.05, 3.63) is 48.0 Å². The van der Waals surface area contributed by atoms with Crippen LogP contribution in [0.15, 0.2) is 42.5 Å². The van der Waals surface area contributed by atoms with Gasteiger partial charge in [-0.2, -0.15) is 0 Å². The molecular weight excluding hydrogens is 278 g/mol. The van der Waals surface area contributed by atoms with Gasteiger partial charge < -0.3 is 19.5 Å². The second-order valence-corrected chi connectivity index (χ2v) is 5.36. The van der Waals surface area contributed by atoms with Crippen molar-refractivity contribution in [1.29, 1.82) is 0 Å². The van der Waals surface area contributed by atoms with Crippen molar-refractivity contribution < 1.29 is 14.2 Å². The van der Waals surface area contributed by atoms with Crippen molar-refractivity contribution in [2.45, 2.75) is 19.8 Å². The van der Waals surface area contributed by atoms with Crippen molar-refractivity contribution >= 4 is 5.69 Å². The maximum atomic E-state index is 5.71. The molecule has 0 unspecified atom stereocenters. The Morgan fingerprint density at radius 2 is 1.82 bits per heavy atom. The molecule has 0 radical (unpaired) electrons. The zero-order valence-electron chi connectivity index (χ0n) is 12.8. The van der Waals surface area contributed by atoms with Gasteiger partial charge in [0.25, 0.3) is 0 Å². The molecule has 0 spiro atoms. The number of hydrogen-bond donors (Lipinski definition) is 1. The Hall–Kier alpha value is -2.36. The van der Waals surface area contributed by atoms with E-state index < -0.39 is 0 Å². The summed E-state index contributed by atoms with van der Waals surface area (Å²) in [7, 11) is 0. The van der Waals surface area contributed by atoms with Crippen molar-refractivity contribution in [2.24, 2.45) is 0 Å². The predicted molar refractivity (Wildman–Crippen MR) is 87.0 cm³/mol. The molecule has 0 bridgehead atoms. The highest BCUT2D eigenvalue weighted by Gasteiger charge is 2.12. The van der Waals surface area contributed by atoms with Gasteiger partial charge in [-0.3, -0.25) is 0 Å². The average molecular weight is 299 g/mol. The van der Waals surface area contributed by atoms with Crippen LogP contribution < -0.4 is 19.5 Å². The third-order valence-corrected chi connectivity index (χ3v) is 3.56. The molecule has 1 heterocycles. The number of ether oxygens (including phenoxy) is 3. The van der Waals surface area contributed by atoms with Crippen LogP contribution in [0.1, 0.15) is 18.4 Å². The topological polar surface area (TPSA) is 39.7 Å². The number of anilines is 1. The summed E-state index contributed by atoms with van der Waals surface area (Å²) >= 11 is 0. The maximum Gasteiger partial charge on any atom is 0.231 e. The molecule has 4 nitrogen and oxygen atoms in total. The largest absolute Gasteiger partial charge is 0.494 e. The lowest BCUT2D eigenvalue weighted by atomic mass is 10.2. The van der Waals surface area contributed by atoms with Crippen molar-refractivity contribution in [1.82, 2.24) is 0 Å². The first-order chi connectivity index (χ1) is 10.8. The molecular formula is C18H21NO3. The molecule has 22 heavy (non-hydrogen) atoms. The number of aryl methyl sites for hydroxylation is 1. The molecule has 2 aromatic rings. The molecule has 0 atom stereocenters. The van der Waals surface area contributed by atoms with Crippen LogP contribution in [0, 0.1) is 6.92 Å². The number of rotatable bonds is 7. The van der Waals surface area contributed by atoms with E-state index in [-0.39, 0.29) is 0 Å². The van der Waals surface area contributed by atoms with Crippen LogP contribution in [0.3, 0.4) is 0 Å². The SMILES string of the molecule is Cc1ccc(OCCCCNc2ccc3c(c2)OCO3)cc1. The summed E-state index contributed by atoms with van der Waals surface area (Å²) in [5.41, 5.74) is 2.31. The van der Waals surface area contributed by atoms with Gasteiger partial charge in [-0.15, -0.1) is 0 Å². The fraction of sp³-hybridized carbons (Fsp3) is 0.333. The Bertz CT molecular complexity index is 610. The third-order valence-electron chi connectivity index (χ3n) is 3.56. The number of fused-ring (bicyclic) bond motifs is 1. The Balaban J connectivity index is 1.33. The summed E-state index contributed by atoms with van der Waals surface area (Å²) in [6.07, 6.45) is 2.08. The fourth-order valence-electron chi connectivity index (χ4n) is 2.29. The zero-order chi connectivity index (χ0) is 15.2. The van der Waals surface area contributed by atoms with Crippen molar-refractivity contribution in [3.8, 4) is 17.2 Å². The Labute approximate surface area is 131 Å². The van der Waals surface area contributed by atoms with E-state index >= 15 is 0 Å².